The highest BCUT2D eigenvalue weighted by molar-refractivity contribution is 6.30. The zero-order valence-electron chi connectivity index (χ0n) is 21.9. The van der Waals surface area contributed by atoms with E-state index in [0.29, 0.717) is 11.6 Å². The molecule has 7 heteroatoms. The van der Waals surface area contributed by atoms with Gasteiger partial charge in [0.1, 0.15) is 29.4 Å². The van der Waals surface area contributed by atoms with Crippen molar-refractivity contribution >= 4 is 22.6 Å². The Labute approximate surface area is 226 Å². The van der Waals surface area contributed by atoms with Crippen molar-refractivity contribution in [1.29, 1.82) is 0 Å². The third-order valence-corrected chi connectivity index (χ3v) is 8.12. The Morgan fingerprint density at radius 3 is 2.54 bits per heavy atom. The van der Waals surface area contributed by atoms with Gasteiger partial charge in [0.05, 0.1) is 12.1 Å². The molecule has 3 aromatic rings. The molecule has 0 spiro atoms. The van der Waals surface area contributed by atoms with E-state index in [-0.39, 0.29) is 0 Å². The van der Waals surface area contributed by atoms with Gasteiger partial charge in [-0.25, -0.2) is 4.98 Å². The van der Waals surface area contributed by atoms with Crippen molar-refractivity contribution in [2.75, 3.05) is 32.8 Å². The Morgan fingerprint density at radius 2 is 1.73 bits per heavy atom. The molecule has 2 aliphatic heterocycles. The molecule has 1 atom stereocenters. The van der Waals surface area contributed by atoms with Gasteiger partial charge in [0.25, 0.3) is 0 Å². The number of para-hydroxylation sites is 1. The molecule has 37 heavy (non-hydrogen) atoms. The molecule has 5 rings (SSSR count). The third kappa shape index (κ3) is 7.40. The van der Waals surface area contributed by atoms with Gasteiger partial charge in [0, 0.05) is 11.6 Å². The normalized spacial score (nSPS) is 18.8. The first kappa shape index (κ1) is 26.3. The van der Waals surface area contributed by atoms with Crippen LogP contribution in [-0.2, 0) is 13.2 Å². The van der Waals surface area contributed by atoms with Crippen LogP contribution in [0.15, 0.2) is 42.5 Å². The number of aromatic nitrogens is 2. The smallest absolute Gasteiger partial charge is 0.148 e. The van der Waals surface area contributed by atoms with Gasteiger partial charge in [0.15, 0.2) is 0 Å². The minimum absolute atomic E-state index is 0.413. The Bertz CT molecular complexity index is 1100. The molecule has 3 heterocycles. The summed E-state index contributed by atoms with van der Waals surface area (Å²) < 4.78 is 14.8. The highest BCUT2D eigenvalue weighted by Crippen LogP contribution is 2.29. The van der Waals surface area contributed by atoms with E-state index >= 15 is 0 Å². The van der Waals surface area contributed by atoms with Crippen LogP contribution in [0.2, 0.25) is 5.02 Å². The van der Waals surface area contributed by atoms with E-state index in [2.05, 4.69) is 33.4 Å². The molecule has 0 radical (unpaired) electrons. The highest BCUT2D eigenvalue weighted by atomic mass is 35.5. The molecule has 0 aliphatic carbocycles. The van der Waals surface area contributed by atoms with Crippen LogP contribution in [0.4, 0.5) is 0 Å². The van der Waals surface area contributed by atoms with Gasteiger partial charge in [-0.3, -0.25) is 0 Å². The number of ether oxygens (including phenoxy) is 2. The van der Waals surface area contributed by atoms with E-state index in [9.17, 15) is 0 Å². The lowest BCUT2D eigenvalue weighted by atomic mass is 9.93. The number of hydrogen-bond acceptors (Lipinski definition) is 5. The predicted octanol–water partition coefficient (Wildman–Crippen LogP) is 6.21. The first-order valence-corrected chi connectivity index (χ1v) is 14.5. The monoisotopic (exact) mass is 524 g/mol. The minimum Gasteiger partial charge on any atom is -0.491 e. The topological polar surface area (TPSA) is 60.3 Å². The summed E-state index contributed by atoms with van der Waals surface area (Å²) in [7, 11) is 0. The van der Waals surface area contributed by atoms with E-state index in [1.807, 2.05) is 24.3 Å². The largest absolute Gasteiger partial charge is 0.491 e. The van der Waals surface area contributed by atoms with Crippen LogP contribution in [0.5, 0.6) is 11.5 Å². The Hall–Kier alpha value is -2.28. The number of nitrogens with one attached hydrogen (secondary N) is 2. The molecule has 1 unspecified atom stereocenters. The average molecular weight is 525 g/mol. The maximum Gasteiger partial charge on any atom is 0.148 e. The molecule has 2 aromatic carbocycles. The van der Waals surface area contributed by atoms with Gasteiger partial charge in [0.2, 0.25) is 0 Å². The van der Waals surface area contributed by atoms with Gasteiger partial charge in [-0.15, -0.1) is 0 Å². The van der Waals surface area contributed by atoms with Gasteiger partial charge in [-0.1, -0.05) is 17.7 Å². The summed E-state index contributed by atoms with van der Waals surface area (Å²) in [5.74, 6) is 4.22. The van der Waals surface area contributed by atoms with Crippen LogP contribution in [0.1, 0.15) is 57.2 Å². The molecule has 2 N–H and O–H groups in total. The van der Waals surface area contributed by atoms with Gasteiger partial charge >= 0.3 is 0 Å². The second-order valence-electron chi connectivity index (χ2n) is 10.6. The summed E-state index contributed by atoms with van der Waals surface area (Å²) in [6.07, 6.45) is 9.88. The van der Waals surface area contributed by atoms with E-state index < -0.39 is 0 Å². The fraction of sp³-hybridized carbons (Fsp3) is 0.567. The molecular formula is C30H41ClN4O2. The predicted molar refractivity (Wildman–Crippen MR) is 151 cm³/mol. The van der Waals surface area contributed by atoms with Crippen molar-refractivity contribution in [1.82, 2.24) is 20.2 Å². The van der Waals surface area contributed by atoms with Gasteiger partial charge < -0.3 is 24.7 Å². The third-order valence-electron chi connectivity index (χ3n) is 7.87. The summed E-state index contributed by atoms with van der Waals surface area (Å²) in [4.78, 5) is 5.05. The quantitative estimate of drug-likeness (QED) is 0.276. The van der Waals surface area contributed by atoms with Crippen molar-refractivity contribution in [2.24, 2.45) is 11.8 Å². The Kier molecular flexibility index (Phi) is 9.60. The van der Waals surface area contributed by atoms with Crippen LogP contribution in [0, 0.1) is 11.8 Å². The maximum absolute atomic E-state index is 6.30. The van der Waals surface area contributed by atoms with Gasteiger partial charge in [-0.05, 0) is 126 Å². The number of fused-ring (bicyclic) bond motifs is 1. The zero-order valence-corrected chi connectivity index (χ0v) is 22.6. The number of benzene rings is 2. The summed E-state index contributed by atoms with van der Waals surface area (Å²) in [6, 6.07) is 13.8. The van der Waals surface area contributed by atoms with Crippen LogP contribution < -0.4 is 20.1 Å². The molecule has 2 saturated heterocycles. The van der Waals surface area contributed by atoms with E-state index in [1.54, 1.807) is 0 Å². The number of rotatable bonds is 12. The van der Waals surface area contributed by atoms with Crippen LogP contribution in [0.3, 0.4) is 0 Å². The minimum atomic E-state index is 0.413. The molecule has 2 fully saturated rings. The average Bonchev–Trinajstić information content (AvgIpc) is 3.30. The van der Waals surface area contributed by atoms with E-state index in [0.717, 1.165) is 92.4 Å². The Morgan fingerprint density at radius 1 is 0.892 bits per heavy atom. The van der Waals surface area contributed by atoms with Crippen LogP contribution >= 0.6 is 11.6 Å². The first-order chi connectivity index (χ1) is 18.3. The number of aryl methyl sites for hydroxylation is 1. The molecule has 0 amide bonds. The van der Waals surface area contributed by atoms with Crippen molar-refractivity contribution in [3.05, 3.63) is 53.3 Å². The lowest BCUT2D eigenvalue weighted by Gasteiger charge is -2.22. The fourth-order valence-electron chi connectivity index (χ4n) is 5.76. The van der Waals surface area contributed by atoms with Crippen LogP contribution in [0.25, 0.3) is 11.0 Å². The Balaban J connectivity index is 1.27. The van der Waals surface area contributed by atoms with E-state index in [1.165, 1.54) is 38.5 Å². The van der Waals surface area contributed by atoms with Gasteiger partial charge in [-0.2, -0.15) is 0 Å². The highest BCUT2D eigenvalue weighted by Gasteiger charge is 2.18. The summed E-state index contributed by atoms with van der Waals surface area (Å²) in [5.41, 5.74) is 2.07. The van der Waals surface area contributed by atoms with Crippen molar-refractivity contribution in [3.8, 4) is 11.5 Å². The molecule has 0 saturated carbocycles. The standard InChI is InChI=1S/C30H41ClN4O2/c31-25-10-12-26(13-11-25)37-22-29-34-30-27(35(29)19-3-6-24-5-2-16-33-21-24)8-1-9-28(30)36-20-4-7-23-14-17-32-18-15-23/h1,8-13,23-24,32-33H,2-7,14-22H2. The number of hydrogen-bond donors (Lipinski definition) is 2. The molecule has 6 nitrogen and oxygen atoms in total. The first-order valence-electron chi connectivity index (χ1n) is 14.2. The van der Waals surface area contributed by atoms with Crippen molar-refractivity contribution in [3.63, 3.8) is 0 Å². The number of piperidine rings is 2. The molecule has 0 bridgehead atoms. The fourth-order valence-corrected chi connectivity index (χ4v) is 5.88. The molecule has 200 valence electrons. The molecule has 2 aliphatic rings. The zero-order chi connectivity index (χ0) is 25.3. The lowest BCUT2D eigenvalue weighted by Crippen LogP contribution is -2.29. The molecule has 1 aromatic heterocycles. The number of halogens is 1. The maximum atomic E-state index is 6.30. The van der Waals surface area contributed by atoms with E-state index in [4.69, 9.17) is 26.1 Å². The van der Waals surface area contributed by atoms with Crippen LogP contribution in [-0.4, -0.2) is 42.3 Å². The van der Waals surface area contributed by atoms with Crippen molar-refractivity contribution in [2.45, 2.75) is 64.5 Å². The summed E-state index contributed by atoms with van der Waals surface area (Å²) in [5, 5.41) is 7.71. The second kappa shape index (κ2) is 13.5. The summed E-state index contributed by atoms with van der Waals surface area (Å²) in [6.45, 7) is 6.70. The second-order valence-corrected chi connectivity index (χ2v) is 11.0. The number of nitrogens with zero attached hydrogens (tertiary/aromatic N) is 2. The lowest BCUT2D eigenvalue weighted by molar-refractivity contribution is 0.275. The summed E-state index contributed by atoms with van der Waals surface area (Å²) >= 11 is 6.05. The molecular weight excluding hydrogens is 484 g/mol. The number of imidazole rings is 1. The van der Waals surface area contributed by atoms with Crippen molar-refractivity contribution < 1.29 is 9.47 Å². The SMILES string of the molecule is Clc1ccc(OCc2nc3c(OCCCC4CCNCC4)cccc3n2CCCC2CCCNC2)cc1.